The molecule has 0 aliphatic carbocycles. The standard InChI is InChI=1S/C26H28N4O4/c1-19-6-2-7-20(16-19)26(32)29-11-5-10-28(12-13-29)18-25(31)30-22(24-9-4-15-34-24)17-21(27-30)23-8-3-14-33-23/h2-4,6-9,14-16,22H,5,10-13,17-18H2,1H3. The summed E-state index contributed by atoms with van der Waals surface area (Å²) in [7, 11) is 0. The van der Waals surface area contributed by atoms with E-state index in [1.807, 2.05) is 60.4 Å². The van der Waals surface area contributed by atoms with Crippen molar-refractivity contribution in [3.63, 3.8) is 0 Å². The minimum atomic E-state index is -0.297. The van der Waals surface area contributed by atoms with Crippen LogP contribution in [0.15, 0.2) is 75.0 Å². The number of carbonyl (C=O) groups is 2. The Labute approximate surface area is 198 Å². The lowest BCUT2D eigenvalue weighted by Crippen LogP contribution is -2.40. The zero-order chi connectivity index (χ0) is 23.5. The van der Waals surface area contributed by atoms with Crippen LogP contribution in [-0.4, -0.2) is 65.1 Å². The van der Waals surface area contributed by atoms with Crippen molar-refractivity contribution in [2.24, 2.45) is 5.10 Å². The Balaban J connectivity index is 1.25. The summed E-state index contributed by atoms with van der Waals surface area (Å²) < 4.78 is 11.1. The highest BCUT2D eigenvalue weighted by atomic mass is 16.3. The summed E-state index contributed by atoms with van der Waals surface area (Å²) in [5.41, 5.74) is 2.51. The molecule has 1 atom stereocenters. The van der Waals surface area contributed by atoms with Gasteiger partial charge in [-0.25, -0.2) is 5.01 Å². The van der Waals surface area contributed by atoms with E-state index in [2.05, 4.69) is 10.0 Å². The first-order valence-corrected chi connectivity index (χ1v) is 11.6. The first-order valence-electron chi connectivity index (χ1n) is 11.6. The third-order valence-electron chi connectivity index (χ3n) is 6.34. The summed E-state index contributed by atoms with van der Waals surface area (Å²) in [6, 6.07) is 14.7. The number of hydrogen-bond acceptors (Lipinski definition) is 6. The average molecular weight is 461 g/mol. The Hall–Kier alpha value is -3.65. The smallest absolute Gasteiger partial charge is 0.257 e. The van der Waals surface area contributed by atoms with Gasteiger partial charge in [-0.3, -0.25) is 14.5 Å². The highest BCUT2D eigenvalue weighted by molar-refractivity contribution is 6.01. The van der Waals surface area contributed by atoms with Crippen molar-refractivity contribution in [2.75, 3.05) is 32.7 Å². The summed E-state index contributed by atoms with van der Waals surface area (Å²) in [4.78, 5) is 30.3. The van der Waals surface area contributed by atoms with Gasteiger partial charge in [0.25, 0.3) is 11.8 Å². The molecule has 2 aliphatic heterocycles. The monoisotopic (exact) mass is 460 g/mol. The predicted molar refractivity (Wildman–Crippen MR) is 126 cm³/mol. The summed E-state index contributed by atoms with van der Waals surface area (Å²) >= 11 is 0. The van der Waals surface area contributed by atoms with E-state index in [0.717, 1.165) is 24.2 Å². The Kier molecular flexibility index (Phi) is 6.31. The number of hydrogen-bond donors (Lipinski definition) is 0. The number of carbonyl (C=O) groups excluding carboxylic acids is 2. The van der Waals surface area contributed by atoms with E-state index in [1.165, 1.54) is 5.01 Å². The van der Waals surface area contributed by atoms with Crippen molar-refractivity contribution >= 4 is 17.5 Å². The molecule has 0 N–H and O–H groups in total. The lowest BCUT2D eigenvalue weighted by molar-refractivity contribution is -0.134. The molecule has 3 aromatic rings. The van der Waals surface area contributed by atoms with Gasteiger partial charge in [0.1, 0.15) is 23.3 Å². The van der Waals surface area contributed by atoms with Gasteiger partial charge >= 0.3 is 0 Å². The largest absolute Gasteiger partial charge is 0.467 e. The summed E-state index contributed by atoms with van der Waals surface area (Å²) in [6.07, 6.45) is 4.56. The van der Waals surface area contributed by atoms with Gasteiger partial charge in [-0.15, -0.1) is 0 Å². The van der Waals surface area contributed by atoms with E-state index in [4.69, 9.17) is 8.83 Å². The minimum absolute atomic E-state index is 0.0435. The van der Waals surface area contributed by atoms with Gasteiger partial charge in [-0.2, -0.15) is 5.10 Å². The maximum absolute atomic E-state index is 13.3. The van der Waals surface area contributed by atoms with E-state index in [0.29, 0.717) is 43.1 Å². The highest BCUT2D eigenvalue weighted by Crippen LogP contribution is 2.33. The molecule has 0 spiro atoms. The van der Waals surface area contributed by atoms with Crippen LogP contribution in [0.2, 0.25) is 0 Å². The van der Waals surface area contributed by atoms with Gasteiger partial charge in [-0.1, -0.05) is 17.7 Å². The zero-order valence-electron chi connectivity index (χ0n) is 19.2. The van der Waals surface area contributed by atoms with Crippen LogP contribution in [0.25, 0.3) is 0 Å². The van der Waals surface area contributed by atoms with E-state index in [9.17, 15) is 9.59 Å². The van der Waals surface area contributed by atoms with Crippen LogP contribution in [0.3, 0.4) is 0 Å². The third-order valence-corrected chi connectivity index (χ3v) is 6.34. The van der Waals surface area contributed by atoms with Gasteiger partial charge in [0.2, 0.25) is 0 Å². The molecule has 1 unspecified atom stereocenters. The molecule has 1 saturated heterocycles. The number of aryl methyl sites for hydroxylation is 1. The Morgan fingerprint density at radius 1 is 1.00 bits per heavy atom. The molecule has 8 heteroatoms. The molecule has 34 heavy (non-hydrogen) atoms. The van der Waals surface area contributed by atoms with Gasteiger partial charge < -0.3 is 13.7 Å². The highest BCUT2D eigenvalue weighted by Gasteiger charge is 2.36. The normalized spacial score (nSPS) is 19.2. The lowest BCUT2D eigenvalue weighted by Gasteiger charge is -2.25. The Bertz CT molecular complexity index is 1170. The maximum atomic E-state index is 13.3. The molecule has 0 saturated carbocycles. The first kappa shape index (κ1) is 22.2. The van der Waals surface area contributed by atoms with Crippen LogP contribution < -0.4 is 0 Å². The van der Waals surface area contributed by atoms with Gasteiger partial charge in [-0.05, 0) is 49.7 Å². The molecule has 0 bridgehead atoms. The van der Waals surface area contributed by atoms with Gasteiger partial charge in [0.05, 0.1) is 19.1 Å². The van der Waals surface area contributed by atoms with E-state index >= 15 is 0 Å². The lowest BCUT2D eigenvalue weighted by atomic mass is 10.1. The fraction of sp³-hybridized carbons (Fsp3) is 0.346. The van der Waals surface area contributed by atoms with Crippen molar-refractivity contribution in [2.45, 2.75) is 25.8 Å². The third kappa shape index (κ3) is 4.68. The van der Waals surface area contributed by atoms with E-state index in [1.54, 1.807) is 12.5 Å². The Morgan fingerprint density at radius 3 is 2.62 bits per heavy atom. The predicted octanol–water partition coefficient (Wildman–Crippen LogP) is 3.71. The van der Waals surface area contributed by atoms with Crippen LogP contribution in [0, 0.1) is 6.92 Å². The molecular weight excluding hydrogens is 432 g/mol. The van der Waals surface area contributed by atoms with Crippen molar-refractivity contribution < 1.29 is 18.4 Å². The molecule has 2 amide bonds. The zero-order valence-corrected chi connectivity index (χ0v) is 19.2. The Morgan fingerprint density at radius 2 is 1.85 bits per heavy atom. The summed E-state index contributed by atoms with van der Waals surface area (Å²) in [5.74, 6) is 1.31. The SMILES string of the molecule is Cc1cccc(C(=O)N2CCCN(CC(=O)N3N=C(c4ccco4)CC3c3ccco3)CC2)c1. The fourth-order valence-corrected chi connectivity index (χ4v) is 4.59. The number of nitrogens with zero attached hydrogens (tertiary/aromatic N) is 4. The van der Waals surface area contributed by atoms with Crippen LogP contribution in [-0.2, 0) is 4.79 Å². The molecule has 2 aromatic heterocycles. The minimum Gasteiger partial charge on any atom is -0.467 e. The second-order valence-electron chi connectivity index (χ2n) is 8.79. The summed E-state index contributed by atoms with van der Waals surface area (Å²) in [5, 5.41) is 6.13. The van der Waals surface area contributed by atoms with Crippen LogP contribution >= 0.6 is 0 Å². The fourth-order valence-electron chi connectivity index (χ4n) is 4.59. The van der Waals surface area contributed by atoms with Crippen molar-refractivity contribution in [1.82, 2.24) is 14.8 Å². The molecule has 0 radical (unpaired) electrons. The first-order chi connectivity index (χ1) is 16.6. The molecular formula is C26H28N4O4. The van der Waals surface area contributed by atoms with Crippen LogP contribution in [0.5, 0.6) is 0 Å². The molecule has 2 aliphatic rings. The van der Waals surface area contributed by atoms with E-state index in [-0.39, 0.29) is 24.4 Å². The number of furan rings is 2. The molecule has 1 fully saturated rings. The molecule has 4 heterocycles. The average Bonchev–Trinajstić information content (AvgIpc) is 3.59. The van der Waals surface area contributed by atoms with Gasteiger partial charge in [0, 0.05) is 38.2 Å². The van der Waals surface area contributed by atoms with Gasteiger partial charge in [0.15, 0.2) is 0 Å². The van der Waals surface area contributed by atoms with Crippen LogP contribution in [0.4, 0.5) is 0 Å². The second-order valence-corrected chi connectivity index (χ2v) is 8.79. The number of hydrazone groups is 1. The number of benzene rings is 1. The number of amides is 2. The molecule has 8 nitrogen and oxygen atoms in total. The second kappa shape index (κ2) is 9.69. The number of rotatable bonds is 5. The molecule has 176 valence electrons. The quantitative estimate of drug-likeness (QED) is 0.580. The van der Waals surface area contributed by atoms with Crippen molar-refractivity contribution in [3.8, 4) is 0 Å². The van der Waals surface area contributed by atoms with E-state index < -0.39 is 0 Å². The van der Waals surface area contributed by atoms with Crippen LogP contribution in [0.1, 0.15) is 46.3 Å². The topological polar surface area (TPSA) is 82.5 Å². The maximum Gasteiger partial charge on any atom is 0.257 e. The van der Waals surface area contributed by atoms with Crippen molar-refractivity contribution in [3.05, 3.63) is 83.7 Å². The molecule has 1 aromatic carbocycles. The summed E-state index contributed by atoms with van der Waals surface area (Å²) in [6.45, 7) is 4.87. The molecule has 5 rings (SSSR count). The van der Waals surface area contributed by atoms with Crippen molar-refractivity contribution in [1.29, 1.82) is 0 Å².